The second-order valence-electron chi connectivity index (χ2n) is 5.14. The van der Waals surface area contributed by atoms with Gasteiger partial charge >= 0.3 is 6.03 Å². The van der Waals surface area contributed by atoms with Gasteiger partial charge in [-0.3, -0.25) is 0 Å². The zero-order valence-electron chi connectivity index (χ0n) is 8.78. The van der Waals surface area contributed by atoms with Crippen LogP contribution in [0.2, 0.25) is 0 Å². The Morgan fingerprint density at radius 2 is 2.00 bits per heavy atom. The zero-order valence-corrected chi connectivity index (χ0v) is 8.78. The van der Waals surface area contributed by atoms with E-state index >= 15 is 0 Å². The van der Waals surface area contributed by atoms with Crippen LogP contribution in [0.4, 0.5) is 4.79 Å². The van der Waals surface area contributed by atoms with Crippen molar-refractivity contribution in [3.05, 3.63) is 0 Å². The fraction of sp³-hybridized carbons (Fsp3) is 0.818. The molecule has 0 unspecified atom stereocenters. The van der Waals surface area contributed by atoms with E-state index in [2.05, 4.69) is 10.5 Å². The van der Waals surface area contributed by atoms with Crippen LogP contribution in [-0.2, 0) is 0 Å². The molecule has 0 heterocycles. The molecule has 0 aromatic carbocycles. The van der Waals surface area contributed by atoms with Gasteiger partial charge in [-0.15, -0.1) is 0 Å². The molecule has 82 valence electrons. The first-order chi connectivity index (χ1) is 7.25. The van der Waals surface area contributed by atoms with Crippen molar-refractivity contribution in [2.45, 2.75) is 32.1 Å². The highest BCUT2D eigenvalue weighted by atomic mass is 16.2. The Kier molecular flexibility index (Phi) is 1.97. The number of rotatable bonds is 1. The fourth-order valence-electron chi connectivity index (χ4n) is 4.08. The first-order valence-corrected chi connectivity index (χ1v) is 5.87. The summed E-state index contributed by atoms with van der Waals surface area (Å²) in [6.45, 7) is 0. The van der Waals surface area contributed by atoms with E-state index in [1.54, 1.807) is 0 Å². The third-order valence-corrected chi connectivity index (χ3v) is 4.52. The number of amides is 2. The van der Waals surface area contributed by atoms with E-state index in [1.165, 1.54) is 31.4 Å². The van der Waals surface area contributed by atoms with Gasteiger partial charge in [-0.25, -0.2) is 10.2 Å². The van der Waals surface area contributed by atoms with Crippen LogP contribution in [-0.4, -0.2) is 11.7 Å². The molecule has 0 bridgehead atoms. The summed E-state index contributed by atoms with van der Waals surface area (Å²) in [6.07, 6.45) is 6.50. The highest BCUT2D eigenvalue weighted by molar-refractivity contribution is 5.90. The molecule has 0 aromatic rings. The fourth-order valence-corrected chi connectivity index (χ4v) is 4.08. The smallest absolute Gasteiger partial charge is 0.332 e. The van der Waals surface area contributed by atoms with E-state index in [0.29, 0.717) is 5.92 Å². The van der Waals surface area contributed by atoms with Crippen molar-refractivity contribution < 1.29 is 4.79 Å². The maximum Gasteiger partial charge on any atom is 0.332 e. The predicted octanol–water partition coefficient (Wildman–Crippen LogP) is 1.47. The third-order valence-electron chi connectivity index (χ3n) is 4.52. The molecule has 0 spiro atoms. The van der Waals surface area contributed by atoms with Crippen molar-refractivity contribution in [3.63, 3.8) is 0 Å². The van der Waals surface area contributed by atoms with Crippen LogP contribution in [0, 0.1) is 23.7 Å². The molecule has 3 N–H and O–H groups in total. The summed E-state index contributed by atoms with van der Waals surface area (Å²) in [5.74, 6) is 3.31. The van der Waals surface area contributed by atoms with E-state index in [0.717, 1.165) is 24.2 Å². The molecule has 3 fully saturated rings. The maximum atomic E-state index is 10.6. The normalized spacial score (nSPS) is 44.7. The number of hydrogen-bond donors (Lipinski definition) is 2. The van der Waals surface area contributed by atoms with Crippen LogP contribution in [0.15, 0.2) is 5.10 Å². The van der Waals surface area contributed by atoms with Gasteiger partial charge in [0.05, 0.1) is 0 Å². The second kappa shape index (κ2) is 3.22. The minimum Gasteiger partial charge on any atom is -0.350 e. The Hall–Kier alpha value is -1.06. The van der Waals surface area contributed by atoms with Crippen LogP contribution in [0.1, 0.15) is 32.1 Å². The van der Waals surface area contributed by atoms with Crippen LogP contribution >= 0.6 is 0 Å². The number of nitrogens with one attached hydrogen (secondary N) is 1. The van der Waals surface area contributed by atoms with Crippen molar-refractivity contribution in [1.82, 2.24) is 5.43 Å². The molecule has 3 saturated carbocycles. The average Bonchev–Trinajstić information content (AvgIpc) is 2.83. The summed E-state index contributed by atoms with van der Waals surface area (Å²) in [6, 6.07) is -0.547. The number of carbonyl (C=O) groups is 1. The number of hydrogen-bond acceptors (Lipinski definition) is 2. The maximum absolute atomic E-state index is 10.6. The molecular weight excluding hydrogens is 190 g/mol. The van der Waals surface area contributed by atoms with Crippen LogP contribution in [0.25, 0.3) is 0 Å². The topological polar surface area (TPSA) is 67.5 Å². The van der Waals surface area contributed by atoms with Gasteiger partial charge in [0.2, 0.25) is 0 Å². The minimum atomic E-state index is -0.547. The number of urea groups is 1. The van der Waals surface area contributed by atoms with Crippen molar-refractivity contribution in [1.29, 1.82) is 0 Å². The monoisotopic (exact) mass is 207 g/mol. The van der Waals surface area contributed by atoms with Crippen LogP contribution < -0.4 is 11.2 Å². The molecule has 4 atom stereocenters. The summed E-state index contributed by atoms with van der Waals surface area (Å²) in [4.78, 5) is 10.6. The van der Waals surface area contributed by atoms with Crippen LogP contribution in [0.3, 0.4) is 0 Å². The summed E-state index contributed by atoms with van der Waals surface area (Å²) in [5.41, 5.74) is 8.61. The lowest BCUT2D eigenvalue weighted by molar-refractivity contribution is 0.249. The Labute approximate surface area is 89.3 Å². The lowest BCUT2D eigenvalue weighted by Gasteiger charge is -2.12. The lowest BCUT2D eigenvalue weighted by Crippen LogP contribution is -2.26. The lowest BCUT2D eigenvalue weighted by atomic mass is 9.92. The standard InChI is InChI=1S/C11H17N3O/c12-11(15)14-13-9-5-7-2-1-6-3-4-8(9)10(6)7/h6-8,10H,1-5H2,(H3,12,14,15)/b13-9-/t6-,7+,8-,10-/m1/s1. The molecule has 0 aromatic heterocycles. The Morgan fingerprint density at radius 1 is 1.27 bits per heavy atom. The van der Waals surface area contributed by atoms with E-state index in [4.69, 9.17) is 5.73 Å². The number of carbonyl (C=O) groups excluding carboxylic acids is 1. The zero-order chi connectivity index (χ0) is 10.4. The molecule has 3 aliphatic rings. The predicted molar refractivity (Wildman–Crippen MR) is 57.2 cm³/mol. The van der Waals surface area contributed by atoms with Crippen molar-refractivity contribution >= 4 is 11.7 Å². The SMILES string of the molecule is NC(=O)N/N=C1/C[C@@H]2CC[C@@H]3CC[C@H]1[C@H]32. The summed E-state index contributed by atoms with van der Waals surface area (Å²) < 4.78 is 0. The Balaban J connectivity index is 1.78. The summed E-state index contributed by atoms with van der Waals surface area (Å²) in [7, 11) is 0. The van der Waals surface area contributed by atoms with Gasteiger partial charge in [-0.2, -0.15) is 5.10 Å². The van der Waals surface area contributed by atoms with Crippen LogP contribution in [0.5, 0.6) is 0 Å². The van der Waals surface area contributed by atoms with Gasteiger partial charge in [-0.05, 0) is 49.9 Å². The van der Waals surface area contributed by atoms with Crippen molar-refractivity contribution in [3.8, 4) is 0 Å². The third kappa shape index (κ3) is 1.34. The molecule has 2 amide bonds. The molecular formula is C11H17N3O. The van der Waals surface area contributed by atoms with E-state index in [-0.39, 0.29) is 0 Å². The van der Waals surface area contributed by atoms with Gasteiger partial charge in [-0.1, -0.05) is 0 Å². The highest BCUT2D eigenvalue weighted by Crippen LogP contribution is 2.57. The first-order valence-electron chi connectivity index (χ1n) is 5.87. The summed E-state index contributed by atoms with van der Waals surface area (Å²) >= 11 is 0. The van der Waals surface area contributed by atoms with E-state index < -0.39 is 6.03 Å². The second-order valence-corrected chi connectivity index (χ2v) is 5.14. The van der Waals surface area contributed by atoms with Gasteiger partial charge in [0.25, 0.3) is 0 Å². The van der Waals surface area contributed by atoms with Crippen molar-refractivity contribution in [2.24, 2.45) is 34.5 Å². The number of hydrazone groups is 1. The van der Waals surface area contributed by atoms with Gasteiger partial charge in [0, 0.05) is 11.6 Å². The summed E-state index contributed by atoms with van der Waals surface area (Å²) in [5, 5.41) is 4.18. The molecule has 0 saturated heterocycles. The molecule has 15 heavy (non-hydrogen) atoms. The molecule has 0 radical (unpaired) electrons. The van der Waals surface area contributed by atoms with Gasteiger partial charge in [0.1, 0.15) is 0 Å². The first kappa shape index (κ1) is 9.19. The quantitative estimate of drug-likeness (QED) is 0.628. The van der Waals surface area contributed by atoms with Crippen molar-refractivity contribution in [2.75, 3.05) is 0 Å². The largest absolute Gasteiger partial charge is 0.350 e. The molecule has 0 aliphatic heterocycles. The average molecular weight is 207 g/mol. The molecule has 3 rings (SSSR count). The number of nitrogens with two attached hydrogens (primary N) is 1. The molecule has 4 heteroatoms. The number of primary amides is 1. The minimum absolute atomic E-state index is 0.547. The van der Waals surface area contributed by atoms with E-state index in [1.807, 2.05) is 0 Å². The molecule has 4 nitrogen and oxygen atoms in total. The van der Waals surface area contributed by atoms with E-state index in [9.17, 15) is 4.79 Å². The molecule has 3 aliphatic carbocycles. The number of nitrogens with zero attached hydrogens (tertiary/aromatic N) is 1. The van der Waals surface area contributed by atoms with Gasteiger partial charge in [0.15, 0.2) is 0 Å². The highest BCUT2D eigenvalue weighted by Gasteiger charge is 2.51. The Bertz CT molecular complexity index is 326. The van der Waals surface area contributed by atoms with Gasteiger partial charge < -0.3 is 5.73 Å². The Morgan fingerprint density at radius 3 is 2.80 bits per heavy atom.